The summed E-state index contributed by atoms with van der Waals surface area (Å²) in [6.45, 7) is -0.0282. The Labute approximate surface area is 143 Å². The van der Waals surface area contributed by atoms with E-state index in [4.69, 9.17) is 21.9 Å². The maximum Gasteiger partial charge on any atom is 0.323 e. The summed E-state index contributed by atoms with van der Waals surface area (Å²) in [5.74, 6) is -4.63. The summed E-state index contributed by atoms with van der Waals surface area (Å²) in [4.78, 5) is 34.5. The van der Waals surface area contributed by atoms with Crippen molar-refractivity contribution in [1.82, 2.24) is 5.32 Å². The quantitative estimate of drug-likeness (QED) is 0.212. The van der Waals surface area contributed by atoms with Gasteiger partial charge >= 0.3 is 11.9 Å². The van der Waals surface area contributed by atoms with Crippen LogP contribution in [0.2, 0.25) is 5.02 Å². The fourth-order valence-electron chi connectivity index (χ4n) is 2.02. The predicted octanol–water partition coefficient (Wildman–Crippen LogP) is 1.26. The molecule has 0 saturated carbocycles. The molecule has 0 aliphatic heterocycles. The van der Waals surface area contributed by atoms with E-state index in [0.29, 0.717) is 10.6 Å². The third kappa shape index (κ3) is 5.88. The van der Waals surface area contributed by atoms with Crippen molar-refractivity contribution in [1.29, 1.82) is 0 Å². The van der Waals surface area contributed by atoms with Gasteiger partial charge in [-0.2, -0.15) is 0 Å². The van der Waals surface area contributed by atoms with Crippen molar-refractivity contribution in [3.8, 4) is 0 Å². The van der Waals surface area contributed by atoms with Gasteiger partial charge in [0.25, 0.3) is 0 Å². The van der Waals surface area contributed by atoms with E-state index in [-0.39, 0.29) is 13.0 Å². The van der Waals surface area contributed by atoms with E-state index in [1.165, 1.54) is 0 Å². The SMILES string of the molecule is COC(=O)[C@H](/C=N/O)C(=O)NCC(CC(=O)O)c1ccc(Cl)cc1. The standard InChI is InChI=1S/C15H17ClN2O6/c1-24-15(22)12(8-18-23)14(21)17-7-10(6-13(19)20)9-2-4-11(16)5-3-9/h2-5,8,10,12,23H,6-7H2,1H3,(H,17,21)(H,19,20)/b18-8+/t10?,12-/m1/s1. The first-order chi connectivity index (χ1) is 11.4. The number of ether oxygens (including phenoxy) is 1. The van der Waals surface area contributed by atoms with Gasteiger partial charge in [-0.05, 0) is 17.7 Å². The molecule has 0 spiro atoms. The zero-order valence-corrected chi connectivity index (χ0v) is 13.6. The zero-order chi connectivity index (χ0) is 18.1. The molecule has 1 rings (SSSR count). The highest BCUT2D eigenvalue weighted by molar-refractivity contribution is 6.30. The lowest BCUT2D eigenvalue weighted by molar-refractivity contribution is -0.147. The number of carboxylic acids is 1. The zero-order valence-electron chi connectivity index (χ0n) is 12.8. The van der Waals surface area contributed by atoms with Crippen LogP contribution in [-0.2, 0) is 19.1 Å². The van der Waals surface area contributed by atoms with Gasteiger partial charge in [0.05, 0.1) is 19.7 Å². The second-order valence-corrected chi connectivity index (χ2v) is 5.29. The topological polar surface area (TPSA) is 125 Å². The number of hydrogen-bond donors (Lipinski definition) is 3. The van der Waals surface area contributed by atoms with Crippen molar-refractivity contribution in [2.45, 2.75) is 12.3 Å². The number of halogens is 1. The van der Waals surface area contributed by atoms with E-state index >= 15 is 0 Å². The monoisotopic (exact) mass is 356 g/mol. The number of carboxylic acid groups (broad SMARTS) is 1. The Balaban J connectivity index is 2.83. The van der Waals surface area contributed by atoms with Crippen LogP contribution in [0.3, 0.4) is 0 Å². The molecule has 0 aromatic heterocycles. The van der Waals surface area contributed by atoms with E-state index in [1.54, 1.807) is 24.3 Å². The Morgan fingerprint density at radius 1 is 1.33 bits per heavy atom. The second kappa shape index (κ2) is 9.51. The highest BCUT2D eigenvalue weighted by Gasteiger charge is 2.27. The van der Waals surface area contributed by atoms with Gasteiger partial charge in [-0.25, -0.2) is 0 Å². The van der Waals surface area contributed by atoms with E-state index in [9.17, 15) is 14.4 Å². The van der Waals surface area contributed by atoms with Crippen LogP contribution in [0.5, 0.6) is 0 Å². The number of esters is 1. The smallest absolute Gasteiger partial charge is 0.323 e. The molecule has 0 radical (unpaired) electrons. The first-order valence-electron chi connectivity index (χ1n) is 6.89. The number of methoxy groups -OCH3 is 1. The largest absolute Gasteiger partial charge is 0.481 e. The molecule has 8 nitrogen and oxygen atoms in total. The number of amides is 1. The highest BCUT2D eigenvalue weighted by Crippen LogP contribution is 2.21. The van der Waals surface area contributed by atoms with Crippen molar-refractivity contribution in [3.05, 3.63) is 34.9 Å². The first kappa shape index (κ1) is 19.4. The number of benzene rings is 1. The number of aliphatic carboxylic acids is 1. The van der Waals surface area contributed by atoms with Gasteiger partial charge < -0.3 is 20.4 Å². The van der Waals surface area contributed by atoms with E-state index in [2.05, 4.69) is 15.2 Å². The van der Waals surface area contributed by atoms with Crippen LogP contribution in [0.1, 0.15) is 17.9 Å². The number of nitrogens with zero attached hydrogens (tertiary/aromatic N) is 1. The molecule has 0 bridgehead atoms. The van der Waals surface area contributed by atoms with Gasteiger partial charge in [0.1, 0.15) is 0 Å². The van der Waals surface area contributed by atoms with Crippen molar-refractivity contribution in [3.63, 3.8) is 0 Å². The summed E-state index contributed by atoms with van der Waals surface area (Å²) in [7, 11) is 1.09. The maximum atomic E-state index is 12.0. The fourth-order valence-corrected chi connectivity index (χ4v) is 2.14. The fraction of sp³-hybridized carbons (Fsp3) is 0.333. The van der Waals surface area contributed by atoms with E-state index < -0.39 is 29.7 Å². The molecule has 0 aliphatic rings. The van der Waals surface area contributed by atoms with Crippen molar-refractivity contribution in [2.24, 2.45) is 11.1 Å². The first-order valence-corrected chi connectivity index (χ1v) is 7.27. The Kier molecular flexibility index (Phi) is 7.70. The number of nitrogens with one attached hydrogen (secondary N) is 1. The minimum Gasteiger partial charge on any atom is -0.481 e. The van der Waals surface area contributed by atoms with Gasteiger partial charge in [-0.15, -0.1) is 5.16 Å². The lowest BCUT2D eigenvalue weighted by atomic mass is 9.95. The van der Waals surface area contributed by atoms with Gasteiger partial charge in [-0.1, -0.05) is 23.7 Å². The minimum atomic E-state index is -1.42. The summed E-state index contributed by atoms with van der Waals surface area (Å²) in [5.41, 5.74) is 0.674. The summed E-state index contributed by atoms with van der Waals surface area (Å²) in [6.07, 6.45) is 0.508. The van der Waals surface area contributed by atoms with Crippen molar-refractivity contribution in [2.75, 3.05) is 13.7 Å². The average molecular weight is 357 g/mol. The molecular formula is C15H17ClN2O6. The molecule has 1 amide bonds. The van der Waals surface area contributed by atoms with Crippen LogP contribution in [0.15, 0.2) is 29.4 Å². The highest BCUT2D eigenvalue weighted by atomic mass is 35.5. The Morgan fingerprint density at radius 2 is 1.96 bits per heavy atom. The second-order valence-electron chi connectivity index (χ2n) is 4.86. The molecule has 1 unspecified atom stereocenters. The Morgan fingerprint density at radius 3 is 2.46 bits per heavy atom. The van der Waals surface area contributed by atoms with Crippen molar-refractivity contribution >= 4 is 35.7 Å². The normalized spacial score (nSPS) is 13.2. The van der Waals surface area contributed by atoms with Crippen LogP contribution in [0.4, 0.5) is 0 Å². The van der Waals surface area contributed by atoms with E-state index in [1.807, 2.05) is 0 Å². The minimum absolute atomic E-state index is 0.0282. The molecule has 9 heteroatoms. The van der Waals surface area contributed by atoms with Gasteiger partial charge in [0.2, 0.25) is 5.91 Å². The molecule has 0 aliphatic carbocycles. The molecule has 24 heavy (non-hydrogen) atoms. The maximum absolute atomic E-state index is 12.0. The van der Waals surface area contributed by atoms with E-state index in [0.717, 1.165) is 13.3 Å². The molecule has 0 fully saturated rings. The summed E-state index contributed by atoms with van der Waals surface area (Å²) < 4.78 is 4.44. The predicted molar refractivity (Wildman–Crippen MR) is 85.2 cm³/mol. The van der Waals surface area contributed by atoms with Gasteiger partial charge in [0.15, 0.2) is 5.92 Å². The number of carbonyl (C=O) groups excluding carboxylic acids is 2. The molecule has 3 N–H and O–H groups in total. The summed E-state index contributed by atoms with van der Waals surface area (Å²) >= 11 is 5.80. The lowest BCUT2D eigenvalue weighted by Crippen LogP contribution is -2.39. The molecule has 2 atom stereocenters. The average Bonchev–Trinajstić information content (AvgIpc) is 2.56. The number of hydrogen-bond acceptors (Lipinski definition) is 6. The molecule has 1 aromatic rings. The van der Waals surface area contributed by atoms with Crippen LogP contribution < -0.4 is 5.32 Å². The van der Waals surface area contributed by atoms with Gasteiger partial charge in [0, 0.05) is 17.5 Å². The van der Waals surface area contributed by atoms with Crippen LogP contribution in [0, 0.1) is 5.92 Å². The molecule has 1 aromatic carbocycles. The lowest BCUT2D eigenvalue weighted by Gasteiger charge is -2.17. The summed E-state index contributed by atoms with van der Waals surface area (Å²) in [6, 6.07) is 6.55. The molecule has 0 heterocycles. The molecule has 130 valence electrons. The molecular weight excluding hydrogens is 340 g/mol. The van der Waals surface area contributed by atoms with Crippen molar-refractivity contribution < 1.29 is 29.4 Å². The van der Waals surface area contributed by atoms with Crippen LogP contribution in [0.25, 0.3) is 0 Å². The van der Waals surface area contributed by atoms with Crippen LogP contribution >= 0.6 is 11.6 Å². The number of oxime groups is 1. The third-order valence-electron chi connectivity index (χ3n) is 3.24. The van der Waals surface area contributed by atoms with Gasteiger partial charge in [-0.3, -0.25) is 14.4 Å². The Hall–Kier alpha value is -2.61. The molecule has 0 saturated heterocycles. The number of rotatable bonds is 8. The third-order valence-corrected chi connectivity index (χ3v) is 3.49. The summed E-state index contributed by atoms with van der Waals surface area (Å²) in [5, 5.41) is 23.2. The Bertz CT molecular complexity index is 617. The number of carbonyl (C=O) groups is 3. The van der Waals surface area contributed by atoms with Crippen LogP contribution in [-0.4, -0.2) is 48.0 Å².